The number of rotatable bonds is 5. The maximum Gasteiger partial charge on any atom is 0.00387 e. The van der Waals surface area contributed by atoms with Crippen LogP contribution in [-0.2, 0) is 0 Å². The summed E-state index contributed by atoms with van der Waals surface area (Å²) in [6.07, 6.45) is 2.63. The summed E-state index contributed by atoms with van der Waals surface area (Å²) in [5.41, 5.74) is 0. The molecule has 0 spiro atoms. The molecular formula is C13H30N2. The summed E-state index contributed by atoms with van der Waals surface area (Å²) in [5.74, 6) is 0.897. The van der Waals surface area contributed by atoms with Gasteiger partial charge >= 0.3 is 0 Å². The summed E-state index contributed by atoms with van der Waals surface area (Å²) < 4.78 is 0. The first-order chi connectivity index (χ1) is 7.24. The zero-order chi connectivity index (χ0) is 11.7. The number of hydrogen-bond donors (Lipinski definition) is 1. The van der Waals surface area contributed by atoms with Crippen LogP contribution in [0.1, 0.15) is 47.5 Å². The Hall–Kier alpha value is -0.0800. The molecule has 0 bridgehead atoms. The number of nitrogens with one attached hydrogen (secondary N) is 1. The minimum Gasteiger partial charge on any atom is -0.316 e. The van der Waals surface area contributed by atoms with Gasteiger partial charge in [-0.2, -0.15) is 0 Å². The van der Waals surface area contributed by atoms with Crippen LogP contribution in [0, 0.1) is 5.92 Å². The average Bonchev–Trinajstić information content (AvgIpc) is 2.70. The Morgan fingerprint density at radius 2 is 2.00 bits per heavy atom. The summed E-state index contributed by atoms with van der Waals surface area (Å²) in [6.45, 7) is 15.8. The Morgan fingerprint density at radius 1 is 1.33 bits per heavy atom. The van der Waals surface area contributed by atoms with Gasteiger partial charge in [0.2, 0.25) is 0 Å². The minimum atomic E-state index is 0.733. The fourth-order valence-electron chi connectivity index (χ4n) is 1.98. The highest BCUT2D eigenvalue weighted by molar-refractivity contribution is 4.78. The molecule has 2 heteroatoms. The lowest BCUT2D eigenvalue weighted by Crippen LogP contribution is -2.30. The molecule has 1 rings (SSSR count). The number of likely N-dealkylation sites (tertiary alicyclic amines) is 1. The van der Waals surface area contributed by atoms with Gasteiger partial charge in [-0.1, -0.05) is 20.8 Å². The van der Waals surface area contributed by atoms with Crippen molar-refractivity contribution in [3.63, 3.8) is 0 Å². The van der Waals surface area contributed by atoms with Crippen LogP contribution in [0.2, 0.25) is 0 Å². The van der Waals surface area contributed by atoms with Gasteiger partial charge in [0.15, 0.2) is 0 Å². The van der Waals surface area contributed by atoms with Crippen LogP contribution in [0.3, 0.4) is 0 Å². The van der Waals surface area contributed by atoms with E-state index in [9.17, 15) is 0 Å². The first-order valence-electron chi connectivity index (χ1n) is 6.68. The van der Waals surface area contributed by atoms with Crippen LogP contribution in [-0.4, -0.2) is 37.1 Å². The molecule has 0 amide bonds. The zero-order valence-electron chi connectivity index (χ0n) is 11.3. The summed E-state index contributed by atoms with van der Waals surface area (Å²) >= 11 is 0. The second-order valence-corrected chi connectivity index (χ2v) is 4.45. The lowest BCUT2D eigenvalue weighted by molar-refractivity contribution is 0.264. The molecule has 0 aromatic carbocycles. The average molecular weight is 214 g/mol. The van der Waals surface area contributed by atoms with E-state index >= 15 is 0 Å². The molecule has 0 aromatic rings. The van der Waals surface area contributed by atoms with Crippen LogP contribution in [0.4, 0.5) is 0 Å². The zero-order valence-corrected chi connectivity index (χ0v) is 11.3. The third kappa shape index (κ3) is 6.16. The summed E-state index contributed by atoms with van der Waals surface area (Å²) in [4.78, 5) is 2.58. The second-order valence-electron chi connectivity index (χ2n) is 4.45. The molecule has 1 atom stereocenters. The molecule has 2 nitrogen and oxygen atoms in total. The molecule has 1 aliphatic heterocycles. The van der Waals surface area contributed by atoms with Gasteiger partial charge in [-0.25, -0.2) is 0 Å². The molecule has 0 aliphatic carbocycles. The quantitative estimate of drug-likeness (QED) is 0.708. The SMILES string of the molecule is CC.CCCNCC1CCN(C(C)C)C1. The topological polar surface area (TPSA) is 15.3 Å². The molecule has 0 radical (unpaired) electrons. The van der Waals surface area contributed by atoms with Crippen LogP contribution in [0.15, 0.2) is 0 Å². The van der Waals surface area contributed by atoms with E-state index in [0.29, 0.717) is 0 Å². The lowest BCUT2D eigenvalue weighted by Gasteiger charge is -2.20. The monoisotopic (exact) mass is 214 g/mol. The Balaban J connectivity index is 0.000000921. The predicted molar refractivity (Wildman–Crippen MR) is 69.3 cm³/mol. The second kappa shape index (κ2) is 9.17. The van der Waals surface area contributed by atoms with E-state index in [0.717, 1.165) is 12.0 Å². The van der Waals surface area contributed by atoms with E-state index in [1.54, 1.807) is 0 Å². The number of nitrogens with zero attached hydrogens (tertiary/aromatic N) is 1. The van der Waals surface area contributed by atoms with Crippen molar-refractivity contribution in [3.05, 3.63) is 0 Å². The Kier molecular flexibility index (Phi) is 9.12. The third-order valence-corrected chi connectivity index (χ3v) is 2.91. The predicted octanol–water partition coefficient (Wildman–Crippen LogP) is 2.74. The van der Waals surface area contributed by atoms with Crippen LogP contribution in [0.5, 0.6) is 0 Å². The molecule has 1 aliphatic rings. The van der Waals surface area contributed by atoms with Gasteiger partial charge in [0, 0.05) is 12.6 Å². The van der Waals surface area contributed by atoms with Gasteiger partial charge < -0.3 is 10.2 Å². The molecule has 1 unspecified atom stereocenters. The van der Waals surface area contributed by atoms with Gasteiger partial charge in [0.25, 0.3) is 0 Å². The van der Waals surface area contributed by atoms with Gasteiger partial charge in [0.05, 0.1) is 0 Å². The van der Waals surface area contributed by atoms with Gasteiger partial charge in [0.1, 0.15) is 0 Å². The molecule has 15 heavy (non-hydrogen) atoms. The van der Waals surface area contributed by atoms with E-state index < -0.39 is 0 Å². The van der Waals surface area contributed by atoms with Crippen LogP contribution >= 0.6 is 0 Å². The fraction of sp³-hybridized carbons (Fsp3) is 1.00. The van der Waals surface area contributed by atoms with Crippen molar-refractivity contribution in [1.29, 1.82) is 0 Å². The van der Waals surface area contributed by atoms with Crippen molar-refractivity contribution in [2.45, 2.75) is 53.5 Å². The normalized spacial score (nSPS) is 21.6. The molecule has 0 saturated carbocycles. The largest absolute Gasteiger partial charge is 0.316 e. The molecule has 1 heterocycles. The molecule has 92 valence electrons. The third-order valence-electron chi connectivity index (χ3n) is 2.91. The maximum atomic E-state index is 3.51. The summed E-state index contributed by atoms with van der Waals surface area (Å²) in [5, 5.41) is 3.51. The van der Waals surface area contributed by atoms with Crippen molar-refractivity contribution in [2.24, 2.45) is 5.92 Å². The van der Waals surface area contributed by atoms with Crippen molar-refractivity contribution in [1.82, 2.24) is 10.2 Å². The molecule has 0 aromatic heterocycles. The van der Waals surface area contributed by atoms with E-state index in [1.807, 2.05) is 13.8 Å². The van der Waals surface area contributed by atoms with Crippen LogP contribution in [0.25, 0.3) is 0 Å². The van der Waals surface area contributed by atoms with Crippen molar-refractivity contribution in [3.8, 4) is 0 Å². The molecule has 1 N–H and O–H groups in total. The molecular weight excluding hydrogens is 184 g/mol. The Bertz CT molecular complexity index is 134. The van der Waals surface area contributed by atoms with E-state index in [4.69, 9.17) is 0 Å². The molecule has 1 fully saturated rings. The minimum absolute atomic E-state index is 0.733. The first kappa shape index (κ1) is 14.9. The van der Waals surface area contributed by atoms with Crippen molar-refractivity contribution < 1.29 is 0 Å². The lowest BCUT2D eigenvalue weighted by atomic mass is 10.1. The summed E-state index contributed by atoms with van der Waals surface area (Å²) in [7, 11) is 0. The smallest absolute Gasteiger partial charge is 0.00387 e. The van der Waals surface area contributed by atoms with Crippen molar-refractivity contribution >= 4 is 0 Å². The highest BCUT2D eigenvalue weighted by Crippen LogP contribution is 2.17. The Morgan fingerprint density at radius 3 is 2.47 bits per heavy atom. The van der Waals surface area contributed by atoms with E-state index in [-0.39, 0.29) is 0 Å². The first-order valence-corrected chi connectivity index (χ1v) is 6.68. The highest BCUT2D eigenvalue weighted by Gasteiger charge is 2.23. The van der Waals surface area contributed by atoms with E-state index in [1.165, 1.54) is 39.0 Å². The van der Waals surface area contributed by atoms with Crippen molar-refractivity contribution in [2.75, 3.05) is 26.2 Å². The number of hydrogen-bond acceptors (Lipinski definition) is 2. The van der Waals surface area contributed by atoms with Gasteiger partial charge in [-0.15, -0.1) is 0 Å². The fourth-order valence-corrected chi connectivity index (χ4v) is 1.98. The summed E-state index contributed by atoms with van der Waals surface area (Å²) in [6, 6.07) is 0.733. The Labute approximate surface area is 96.4 Å². The van der Waals surface area contributed by atoms with Crippen LogP contribution < -0.4 is 5.32 Å². The van der Waals surface area contributed by atoms with Gasteiger partial charge in [-0.3, -0.25) is 0 Å². The standard InChI is InChI=1S/C11H24N2.C2H6/c1-4-6-12-8-11-5-7-13(9-11)10(2)3;1-2/h10-12H,4-9H2,1-3H3;1-2H3. The van der Waals surface area contributed by atoms with E-state index in [2.05, 4.69) is 31.0 Å². The highest BCUT2D eigenvalue weighted by atomic mass is 15.2. The molecule has 1 saturated heterocycles. The maximum absolute atomic E-state index is 3.51. The van der Waals surface area contributed by atoms with Gasteiger partial charge in [-0.05, 0) is 52.2 Å².